The first-order chi connectivity index (χ1) is 8.86. The number of likely N-dealkylation sites (tertiary alicyclic amines) is 1. The van der Waals surface area contributed by atoms with Crippen molar-refractivity contribution < 1.29 is 0 Å². The molecule has 1 saturated heterocycles. The third-order valence-electron chi connectivity index (χ3n) is 6.24. The van der Waals surface area contributed by atoms with E-state index in [2.05, 4.69) is 10.2 Å². The van der Waals surface area contributed by atoms with Crippen LogP contribution in [0.3, 0.4) is 0 Å². The second-order valence-electron chi connectivity index (χ2n) is 7.39. The lowest BCUT2D eigenvalue weighted by molar-refractivity contribution is 0.0170. The summed E-state index contributed by atoms with van der Waals surface area (Å²) in [5, 5.41) is 4.05. The number of nitrogens with zero attached hydrogens (tertiary/aromatic N) is 1. The first kappa shape index (κ1) is 11.7. The van der Waals surface area contributed by atoms with E-state index in [0.29, 0.717) is 0 Å². The minimum absolute atomic E-state index is 0.741. The lowest BCUT2D eigenvalue weighted by Gasteiger charge is -2.53. The van der Waals surface area contributed by atoms with Gasteiger partial charge >= 0.3 is 0 Å². The van der Waals surface area contributed by atoms with Crippen molar-refractivity contribution >= 4 is 0 Å². The molecule has 3 aliphatic carbocycles. The van der Waals surface area contributed by atoms with Crippen molar-refractivity contribution in [1.29, 1.82) is 0 Å². The Morgan fingerprint density at radius 3 is 2.39 bits per heavy atom. The maximum atomic E-state index is 4.05. The summed E-state index contributed by atoms with van der Waals surface area (Å²) in [5.74, 6) is 0. The van der Waals surface area contributed by atoms with Crippen molar-refractivity contribution in [3.8, 4) is 0 Å². The van der Waals surface area contributed by atoms with Gasteiger partial charge in [-0.25, -0.2) is 0 Å². The number of rotatable bonds is 3. The van der Waals surface area contributed by atoms with Crippen LogP contribution in [0.4, 0.5) is 0 Å². The molecule has 1 N–H and O–H groups in total. The molecule has 102 valence electrons. The maximum absolute atomic E-state index is 4.05. The van der Waals surface area contributed by atoms with Crippen LogP contribution in [-0.4, -0.2) is 36.1 Å². The summed E-state index contributed by atoms with van der Waals surface area (Å²) in [6.45, 7) is 2.71. The molecule has 0 amide bonds. The van der Waals surface area contributed by atoms with Crippen molar-refractivity contribution in [2.24, 2.45) is 5.41 Å². The van der Waals surface area contributed by atoms with Gasteiger partial charge in [-0.2, -0.15) is 0 Å². The minimum Gasteiger partial charge on any atom is -0.309 e. The Balaban J connectivity index is 1.32. The van der Waals surface area contributed by atoms with Gasteiger partial charge in [0.15, 0.2) is 0 Å². The van der Waals surface area contributed by atoms with Crippen LogP contribution in [0, 0.1) is 5.41 Å². The highest BCUT2D eigenvalue weighted by atomic mass is 15.2. The number of hydrogen-bond acceptors (Lipinski definition) is 2. The van der Waals surface area contributed by atoms with Crippen molar-refractivity contribution in [3.63, 3.8) is 0 Å². The molecule has 0 aromatic rings. The van der Waals surface area contributed by atoms with E-state index in [9.17, 15) is 0 Å². The number of nitrogens with one attached hydrogen (secondary N) is 1. The Labute approximate surface area is 111 Å². The molecule has 2 nitrogen and oxygen atoms in total. The van der Waals surface area contributed by atoms with Crippen LogP contribution in [0.5, 0.6) is 0 Å². The van der Waals surface area contributed by atoms with Gasteiger partial charge in [0.2, 0.25) is 0 Å². The molecule has 4 fully saturated rings. The number of hydrogen-bond donors (Lipinski definition) is 1. The van der Waals surface area contributed by atoms with Gasteiger partial charge in [0, 0.05) is 31.2 Å². The van der Waals surface area contributed by atoms with Crippen LogP contribution in [0.2, 0.25) is 0 Å². The van der Waals surface area contributed by atoms with E-state index >= 15 is 0 Å². The Bertz CT molecular complexity index is 304. The Kier molecular flexibility index (Phi) is 2.92. The van der Waals surface area contributed by atoms with Crippen molar-refractivity contribution in [1.82, 2.24) is 10.2 Å². The van der Waals surface area contributed by atoms with Gasteiger partial charge in [-0.3, -0.25) is 4.90 Å². The van der Waals surface area contributed by atoms with Crippen molar-refractivity contribution in [2.45, 2.75) is 82.3 Å². The van der Waals surface area contributed by atoms with Crippen LogP contribution in [0.15, 0.2) is 0 Å². The molecule has 3 saturated carbocycles. The highest BCUT2D eigenvalue weighted by molar-refractivity contribution is 5.04. The molecule has 2 atom stereocenters. The zero-order valence-electron chi connectivity index (χ0n) is 11.7. The predicted molar refractivity (Wildman–Crippen MR) is 74.7 cm³/mol. The third kappa shape index (κ3) is 2.02. The molecule has 18 heavy (non-hydrogen) atoms. The first-order valence-electron chi connectivity index (χ1n) is 8.36. The summed E-state index contributed by atoms with van der Waals surface area (Å²) in [4.78, 5) is 2.74. The first-order valence-corrected chi connectivity index (χ1v) is 8.36. The Hall–Kier alpha value is -0.0800. The lowest BCUT2D eigenvalue weighted by atomic mass is 9.57. The van der Waals surface area contributed by atoms with Crippen LogP contribution < -0.4 is 5.32 Å². The van der Waals surface area contributed by atoms with Crippen LogP contribution in [0.1, 0.15) is 64.2 Å². The highest BCUT2D eigenvalue weighted by Crippen LogP contribution is 2.52. The summed E-state index contributed by atoms with van der Waals surface area (Å²) in [6.07, 6.45) is 14.8. The quantitative estimate of drug-likeness (QED) is 0.826. The van der Waals surface area contributed by atoms with E-state index in [4.69, 9.17) is 0 Å². The van der Waals surface area contributed by atoms with Gasteiger partial charge < -0.3 is 5.32 Å². The molecule has 1 spiro atoms. The Morgan fingerprint density at radius 1 is 0.889 bits per heavy atom. The fourth-order valence-corrected chi connectivity index (χ4v) is 4.79. The van der Waals surface area contributed by atoms with Gasteiger partial charge in [-0.15, -0.1) is 0 Å². The molecule has 0 radical (unpaired) electrons. The van der Waals surface area contributed by atoms with Gasteiger partial charge in [-0.1, -0.05) is 19.3 Å². The van der Waals surface area contributed by atoms with Crippen molar-refractivity contribution in [3.05, 3.63) is 0 Å². The molecule has 4 aliphatic rings. The van der Waals surface area contributed by atoms with E-state index in [1.165, 1.54) is 77.3 Å². The minimum atomic E-state index is 0.741. The average Bonchev–Trinajstić information content (AvgIpc) is 3.15. The summed E-state index contributed by atoms with van der Waals surface area (Å²) >= 11 is 0. The van der Waals surface area contributed by atoms with Crippen LogP contribution >= 0.6 is 0 Å². The fourth-order valence-electron chi connectivity index (χ4n) is 4.79. The normalized spacial score (nSPS) is 40.0. The predicted octanol–water partition coefficient (Wildman–Crippen LogP) is 2.93. The zero-order valence-corrected chi connectivity index (χ0v) is 11.7. The van der Waals surface area contributed by atoms with Gasteiger partial charge in [0.25, 0.3) is 0 Å². The topological polar surface area (TPSA) is 15.3 Å². The smallest absolute Gasteiger partial charge is 0.0210 e. The van der Waals surface area contributed by atoms with E-state index in [-0.39, 0.29) is 0 Å². The zero-order chi connectivity index (χ0) is 12.0. The largest absolute Gasteiger partial charge is 0.309 e. The molecule has 0 aromatic heterocycles. The van der Waals surface area contributed by atoms with Gasteiger partial charge in [0.05, 0.1) is 0 Å². The highest BCUT2D eigenvalue weighted by Gasteiger charge is 2.47. The SMILES string of the molecule is C1CCC2(CC1)CCC2NC1CCN(C2CC2)C1. The van der Waals surface area contributed by atoms with Crippen LogP contribution in [0.25, 0.3) is 0 Å². The fraction of sp³-hybridized carbons (Fsp3) is 1.00. The Morgan fingerprint density at radius 2 is 1.72 bits per heavy atom. The standard InChI is InChI=1S/C16H28N2/c1-2-8-16(9-3-1)10-6-15(16)17-13-7-11-18(12-13)14-4-5-14/h13-15,17H,1-12H2. The molecule has 0 bridgehead atoms. The van der Waals surface area contributed by atoms with E-state index in [0.717, 1.165) is 23.5 Å². The molecular formula is C16H28N2. The van der Waals surface area contributed by atoms with Crippen molar-refractivity contribution in [2.75, 3.05) is 13.1 Å². The summed E-state index contributed by atoms with van der Waals surface area (Å²) < 4.78 is 0. The summed E-state index contributed by atoms with van der Waals surface area (Å²) in [5.41, 5.74) is 0.741. The van der Waals surface area contributed by atoms with Crippen LogP contribution in [-0.2, 0) is 0 Å². The molecule has 2 heteroatoms. The molecule has 1 heterocycles. The van der Waals surface area contributed by atoms with E-state index in [1.807, 2.05) is 0 Å². The maximum Gasteiger partial charge on any atom is 0.0210 e. The average molecular weight is 248 g/mol. The molecular weight excluding hydrogens is 220 g/mol. The second kappa shape index (κ2) is 4.49. The van der Waals surface area contributed by atoms with Gasteiger partial charge in [-0.05, 0) is 50.4 Å². The second-order valence-corrected chi connectivity index (χ2v) is 7.39. The molecule has 4 rings (SSSR count). The van der Waals surface area contributed by atoms with E-state index < -0.39 is 0 Å². The molecule has 2 unspecified atom stereocenters. The monoisotopic (exact) mass is 248 g/mol. The van der Waals surface area contributed by atoms with E-state index in [1.54, 1.807) is 0 Å². The molecule has 1 aliphatic heterocycles. The third-order valence-corrected chi connectivity index (χ3v) is 6.24. The summed E-state index contributed by atoms with van der Waals surface area (Å²) in [6, 6.07) is 2.67. The summed E-state index contributed by atoms with van der Waals surface area (Å²) in [7, 11) is 0. The lowest BCUT2D eigenvalue weighted by Crippen LogP contribution is -2.57. The molecule has 0 aromatic carbocycles. The van der Waals surface area contributed by atoms with Gasteiger partial charge in [0.1, 0.15) is 0 Å².